The quantitative estimate of drug-likeness (QED) is 0.922. The third-order valence-corrected chi connectivity index (χ3v) is 4.18. The number of ether oxygens (including phenoxy) is 1. The van der Waals surface area contributed by atoms with Gasteiger partial charge < -0.3 is 15.0 Å². The van der Waals surface area contributed by atoms with Crippen molar-refractivity contribution in [2.45, 2.75) is 18.3 Å². The van der Waals surface area contributed by atoms with Gasteiger partial charge >= 0.3 is 6.18 Å². The number of likely N-dealkylation sites (N-methyl/N-ethyl adjacent to an activating group) is 2. The van der Waals surface area contributed by atoms with Gasteiger partial charge in [-0.25, -0.2) is 4.98 Å². The number of halogens is 3. The van der Waals surface area contributed by atoms with Crippen molar-refractivity contribution in [1.82, 2.24) is 15.2 Å². The van der Waals surface area contributed by atoms with Crippen LogP contribution >= 0.6 is 11.3 Å². The van der Waals surface area contributed by atoms with E-state index in [1.165, 1.54) is 6.20 Å². The highest BCUT2D eigenvalue weighted by atomic mass is 32.1. The van der Waals surface area contributed by atoms with E-state index in [4.69, 9.17) is 4.74 Å². The first-order chi connectivity index (χ1) is 8.91. The first kappa shape index (κ1) is 14.7. The van der Waals surface area contributed by atoms with Crippen LogP contribution in [0, 0.1) is 0 Å². The van der Waals surface area contributed by atoms with Crippen molar-refractivity contribution in [3.63, 3.8) is 0 Å². The predicted molar refractivity (Wildman–Crippen MR) is 66.2 cm³/mol. The number of nitrogens with one attached hydrogen (secondary N) is 1. The minimum Gasteiger partial charge on any atom is -0.374 e. The topological polar surface area (TPSA) is 37.4 Å². The lowest BCUT2D eigenvalue weighted by Crippen LogP contribution is -2.45. The minimum absolute atomic E-state index is 0.162. The van der Waals surface area contributed by atoms with Crippen molar-refractivity contribution >= 4 is 11.3 Å². The van der Waals surface area contributed by atoms with E-state index < -0.39 is 11.2 Å². The van der Waals surface area contributed by atoms with Gasteiger partial charge in [0.2, 0.25) is 0 Å². The van der Waals surface area contributed by atoms with Crippen LogP contribution in [0.2, 0.25) is 0 Å². The maximum absolute atomic E-state index is 12.6. The molecule has 0 saturated carbocycles. The third-order valence-electron chi connectivity index (χ3n) is 3.05. The Morgan fingerprint density at radius 2 is 2.32 bits per heavy atom. The maximum Gasteiger partial charge on any atom is 0.443 e. The molecule has 2 unspecified atom stereocenters. The predicted octanol–water partition coefficient (Wildman–Crippen LogP) is 1.75. The van der Waals surface area contributed by atoms with Crippen LogP contribution in [-0.2, 0) is 10.9 Å². The lowest BCUT2D eigenvalue weighted by Gasteiger charge is -2.34. The summed E-state index contributed by atoms with van der Waals surface area (Å²) >= 11 is 0.670. The second-order valence-corrected chi connectivity index (χ2v) is 5.57. The molecule has 2 atom stereocenters. The molecule has 1 saturated heterocycles. The number of morpholine rings is 1. The Morgan fingerprint density at radius 3 is 2.84 bits per heavy atom. The Morgan fingerprint density at radius 1 is 1.58 bits per heavy atom. The molecule has 0 aromatic carbocycles. The van der Waals surface area contributed by atoms with Crippen LogP contribution in [0.3, 0.4) is 0 Å². The van der Waals surface area contributed by atoms with Crippen molar-refractivity contribution in [3.8, 4) is 0 Å². The van der Waals surface area contributed by atoms with E-state index in [-0.39, 0.29) is 12.1 Å². The molecule has 0 spiro atoms. The Bertz CT molecular complexity index is 424. The van der Waals surface area contributed by atoms with Crippen molar-refractivity contribution in [1.29, 1.82) is 0 Å². The molecular weight excluding hydrogens is 279 g/mol. The second kappa shape index (κ2) is 5.74. The molecule has 0 radical (unpaired) electrons. The summed E-state index contributed by atoms with van der Waals surface area (Å²) in [6, 6.07) is -0.267. The van der Waals surface area contributed by atoms with Gasteiger partial charge in [-0.1, -0.05) is 0 Å². The van der Waals surface area contributed by atoms with E-state index in [1.807, 2.05) is 7.05 Å². The number of nitrogens with zero attached hydrogens (tertiary/aromatic N) is 2. The zero-order valence-corrected chi connectivity index (χ0v) is 11.5. The van der Waals surface area contributed by atoms with Crippen LogP contribution < -0.4 is 5.32 Å². The summed E-state index contributed by atoms with van der Waals surface area (Å²) in [6.45, 7) is 2.11. The van der Waals surface area contributed by atoms with Gasteiger partial charge in [-0.05, 0) is 14.1 Å². The summed E-state index contributed by atoms with van der Waals surface area (Å²) in [6.07, 6.45) is -3.26. The van der Waals surface area contributed by atoms with Crippen molar-refractivity contribution < 1.29 is 17.9 Å². The van der Waals surface area contributed by atoms with Gasteiger partial charge in [0.05, 0.1) is 18.8 Å². The normalized spacial score (nSPS) is 23.5. The Hall–Kier alpha value is -0.700. The standard InChI is InChI=1S/C11H16F3N3OS/c1-15-9(7-6-17(2)3-4-18-7)8-5-16-10(19-8)11(12,13)14/h5,7,9,15H,3-4,6H2,1-2H3. The number of thiazole rings is 1. The molecule has 1 aliphatic rings. The first-order valence-corrected chi connectivity index (χ1v) is 6.74. The summed E-state index contributed by atoms with van der Waals surface area (Å²) in [7, 11) is 3.69. The number of hydrogen-bond acceptors (Lipinski definition) is 5. The smallest absolute Gasteiger partial charge is 0.374 e. The fourth-order valence-electron chi connectivity index (χ4n) is 2.09. The lowest BCUT2D eigenvalue weighted by molar-refractivity contribution is -0.137. The molecule has 1 fully saturated rings. The average molecular weight is 295 g/mol. The molecule has 1 N–H and O–H groups in total. The monoisotopic (exact) mass is 295 g/mol. The number of alkyl halides is 3. The van der Waals surface area contributed by atoms with Gasteiger partial charge in [0.15, 0.2) is 5.01 Å². The Kier molecular flexibility index (Phi) is 4.44. The Balaban J connectivity index is 2.15. The van der Waals surface area contributed by atoms with E-state index in [0.717, 1.165) is 6.54 Å². The van der Waals surface area contributed by atoms with Gasteiger partial charge in [0.25, 0.3) is 0 Å². The molecule has 0 aliphatic carbocycles. The van der Waals surface area contributed by atoms with Crippen molar-refractivity contribution in [2.24, 2.45) is 0 Å². The number of aromatic nitrogens is 1. The molecule has 1 aromatic rings. The maximum atomic E-state index is 12.6. The largest absolute Gasteiger partial charge is 0.443 e. The van der Waals surface area contributed by atoms with E-state index in [9.17, 15) is 13.2 Å². The molecule has 0 amide bonds. The molecule has 2 rings (SSSR count). The summed E-state index contributed by atoms with van der Waals surface area (Å²) in [5.74, 6) is 0. The lowest BCUT2D eigenvalue weighted by atomic mass is 10.1. The van der Waals surface area contributed by atoms with Gasteiger partial charge in [-0.2, -0.15) is 13.2 Å². The Labute approximate surface area is 113 Å². The van der Waals surface area contributed by atoms with Gasteiger partial charge in [-0.15, -0.1) is 11.3 Å². The van der Waals surface area contributed by atoms with Gasteiger partial charge in [0, 0.05) is 24.2 Å². The zero-order valence-electron chi connectivity index (χ0n) is 10.7. The highest BCUT2D eigenvalue weighted by Gasteiger charge is 2.36. The fraction of sp³-hybridized carbons (Fsp3) is 0.727. The van der Waals surface area contributed by atoms with Crippen LogP contribution in [0.25, 0.3) is 0 Å². The number of rotatable bonds is 3. The average Bonchev–Trinajstić information content (AvgIpc) is 2.79. The van der Waals surface area contributed by atoms with Gasteiger partial charge in [-0.3, -0.25) is 0 Å². The van der Waals surface area contributed by atoms with E-state index >= 15 is 0 Å². The molecule has 4 nitrogen and oxygen atoms in total. The summed E-state index contributed by atoms with van der Waals surface area (Å²) in [4.78, 5) is 6.11. The highest BCUT2D eigenvalue weighted by molar-refractivity contribution is 7.11. The van der Waals surface area contributed by atoms with E-state index in [2.05, 4.69) is 15.2 Å². The van der Waals surface area contributed by atoms with Crippen LogP contribution in [0.5, 0.6) is 0 Å². The third kappa shape index (κ3) is 3.44. The first-order valence-electron chi connectivity index (χ1n) is 5.92. The van der Waals surface area contributed by atoms with Crippen molar-refractivity contribution in [2.75, 3.05) is 33.8 Å². The van der Waals surface area contributed by atoms with E-state index in [1.54, 1.807) is 7.05 Å². The summed E-state index contributed by atoms with van der Waals surface area (Å²) in [5, 5.41) is 2.21. The zero-order chi connectivity index (χ0) is 14.0. The summed E-state index contributed by atoms with van der Waals surface area (Å²) < 4.78 is 43.3. The second-order valence-electron chi connectivity index (χ2n) is 4.50. The minimum atomic E-state index is -4.38. The van der Waals surface area contributed by atoms with Crippen LogP contribution in [-0.4, -0.2) is 49.8 Å². The molecule has 0 bridgehead atoms. The van der Waals surface area contributed by atoms with Gasteiger partial charge in [0.1, 0.15) is 0 Å². The molecule has 108 valence electrons. The number of hydrogen-bond donors (Lipinski definition) is 1. The highest BCUT2D eigenvalue weighted by Crippen LogP contribution is 2.35. The molecular formula is C11H16F3N3OS. The van der Waals surface area contributed by atoms with E-state index in [0.29, 0.717) is 29.4 Å². The van der Waals surface area contributed by atoms with Crippen LogP contribution in [0.1, 0.15) is 15.9 Å². The molecule has 8 heteroatoms. The molecule has 2 heterocycles. The van der Waals surface area contributed by atoms with Crippen LogP contribution in [0.15, 0.2) is 6.20 Å². The SMILES string of the molecule is CNC(c1cnc(C(F)(F)F)s1)C1CN(C)CCO1. The molecule has 1 aliphatic heterocycles. The molecule has 1 aromatic heterocycles. The fourth-order valence-corrected chi connectivity index (χ4v) is 3.03. The molecule has 19 heavy (non-hydrogen) atoms. The van der Waals surface area contributed by atoms with Crippen LogP contribution in [0.4, 0.5) is 13.2 Å². The summed E-state index contributed by atoms with van der Waals surface area (Å²) in [5.41, 5.74) is 0. The van der Waals surface area contributed by atoms with Crippen molar-refractivity contribution in [3.05, 3.63) is 16.1 Å².